The van der Waals surface area contributed by atoms with Crippen LogP contribution in [0.5, 0.6) is 0 Å². The maximum Gasteiger partial charge on any atom is 0.323 e. The quantitative estimate of drug-likeness (QED) is 0.457. The first-order valence-corrected chi connectivity index (χ1v) is 11.7. The second-order valence-corrected chi connectivity index (χ2v) is 8.50. The SMILES string of the molecule is CCOC(=O)C(CCc1ncc[nH]1)NC1CSCC(c2ccccc2)N(CC(=O)O)C1=O. The molecule has 1 aromatic heterocycles. The molecule has 0 saturated carbocycles. The lowest BCUT2D eigenvalue weighted by Crippen LogP contribution is -2.54. The standard InChI is InChI=1S/C22H28N4O5S/c1-2-31-22(30)16(8-9-19-23-10-11-24-19)25-17-13-32-14-18(15-6-4-3-5-7-15)26(21(17)29)12-20(27)28/h3-7,10-11,16-18,25H,2,8-9,12-14H2,1H3,(H,23,24)(H,27,28). The Morgan fingerprint density at radius 1 is 1.34 bits per heavy atom. The number of aliphatic carboxylic acids is 1. The van der Waals surface area contributed by atoms with Crippen LogP contribution in [-0.2, 0) is 25.5 Å². The van der Waals surface area contributed by atoms with E-state index >= 15 is 0 Å². The average Bonchev–Trinajstić information content (AvgIpc) is 3.25. The minimum atomic E-state index is -1.08. The van der Waals surface area contributed by atoms with Crippen LogP contribution in [0.3, 0.4) is 0 Å². The van der Waals surface area contributed by atoms with Gasteiger partial charge < -0.3 is 19.7 Å². The van der Waals surface area contributed by atoms with Gasteiger partial charge in [0.05, 0.1) is 18.7 Å². The maximum absolute atomic E-state index is 13.4. The second kappa shape index (κ2) is 11.7. The Bertz CT molecular complexity index is 893. The van der Waals surface area contributed by atoms with Gasteiger partial charge in [-0.1, -0.05) is 30.3 Å². The number of imidazole rings is 1. The zero-order valence-electron chi connectivity index (χ0n) is 17.9. The number of H-pyrrole nitrogens is 1. The first-order valence-electron chi connectivity index (χ1n) is 10.6. The molecule has 1 saturated heterocycles. The van der Waals surface area contributed by atoms with Gasteiger partial charge in [0, 0.05) is 30.3 Å². The number of thioether (sulfide) groups is 1. The summed E-state index contributed by atoms with van der Waals surface area (Å²) in [4.78, 5) is 46.1. The summed E-state index contributed by atoms with van der Waals surface area (Å²) < 4.78 is 5.21. The van der Waals surface area contributed by atoms with Crippen LogP contribution in [0.1, 0.15) is 30.8 Å². The number of carbonyl (C=O) groups excluding carboxylic acids is 2. The molecule has 32 heavy (non-hydrogen) atoms. The third-order valence-electron chi connectivity index (χ3n) is 5.21. The average molecular weight is 461 g/mol. The van der Waals surface area contributed by atoms with E-state index in [1.807, 2.05) is 30.3 Å². The number of nitrogens with one attached hydrogen (secondary N) is 2. The number of ether oxygens (including phenoxy) is 1. The fraction of sp³-hybridized carbons (Fsp3) is 0.455. The van der Waals surface area contributed by atoms with E-state index in [9.17, 15) is 19.5 Å². The van der Waals surface area contributed by atoms with Crippen molar-refractivity contribution in [1.29, 1.82) is 0 Å². The van der Waals surface area contributed by atoms with Crippen LogP contribution in [0, 0.1) is 0 Å². The number of hydrogen-bond acceptors (Lipinski definition) is 7. The van der Waals surface area contributed by atoms with Crippen molar-refractivity contribution in [3.05, 3.63) is 54.1 Å². The molecule has 1 fully saturated rings. The normalized spacial score (nSPS) is 19.9. The lowest BCUT2D eigenvalue weighted by atomic mass is 10.1. The van der Waals surface area contributed by atoms with Gasteiger partial charge in [0.25, 0.3) is 0 Å². The molecule has 1 amide bonds. The summed E-state index contributed by atoms with van der Waals surface area (Å²) in [6.45, 7) is 1.55. The number of carboxylic acids is 1. The van der Waals surface area contributed by atoms with Crippen molar-refractivity contribution in [3.63, 3.8) is 0 Å². The Labute approximate surface area is 190 Å². The summed E-state index contributed by atoms with van der Waals surface area (Å²) in [6.07, 6.45) is 4.24. The molecule has 10 heteroatoms. The van der Waals surface area contributed by atoms with Crippen LogP contribution in [0.4, 0.5) is 0 Å². The van der Waals surface area contributed by atoms with Crippen LogP contribution in [-0.4, -0.2) is 74.6 Å². The predicted octanol–water partition coefficient (Wildman–Crippen LogP) is 1.63. The molecule has 0 radical (unpaired) electrons. The number of rotatable bonds is 10. The maximum atomic E-state index is 13.4. The Kier molecular flexibility index (Phi) is 8.69. The van der Waals surface area contributed by atoms with Gasteiger partial charge in [-0.2, -0.15) is 11.8 Å². The first-order chi connectivity index (χ1) is 15.5. The van der Waals surface area contributed by atoms with Gasteiger partial charge in [-0.25, -0.2) is 4.98 Å². The van der Waals surface area contributed by atoms with E-state index in [1.54, 1.807) is 31.1 Å². The molecule has 3 N–H and O–H groups in total. The molecule has 1 aliphatic rings. The zero-order valence-corrected chi connectivity index (χ0v) is 18.7. The summed E-state index contributed by atoms with van der Waals surface area (Å²) in [5.74, 6) is -0.125. The van der Waals surface area contributed by atoms with E-state index in [1.165, 1.54) is 4.90 Å². The Morgan fingerprint density at radius 2 is 2.12 bits per heavy atom. The predicted molar refractivity (Wildman–Crippen MR) is 120 cm³/mol. The van der Waals surface area contributed by atoms with Crippen LogP contribution < -0.4 is 5.32 Å². The van der Waals surface area contributed by atoms with Gasteiger partial charge in [0.2, 0.25) is 5.91 Å². The number of aryl methyl sites for hydroxylation is 1. The Hall–Kier alpha value is -2.85. The molecular formula is C22H28N4O5S. The van der Waals surface area contributed by atoms with Gasteiger partial charge in [0.1, 0.15) is 18.4 Å². The van der Waals surface area contributed by atoms with Crippen molar-refractivity contribution < 1.29 is 24.2 Å². The van der Waals surface area contributed by atoms with Crippen molar-refractivity contribution in [2.24, 2.45) is 0 Å². The molecule has 0 aliphatic carbocycles. The second-order valence-electron chi connectivity index (χ2n) is 7.42. The monoisotopic (exact) mass is 460 g/mol. The number of aromatic nitrogens is 2. The molecule has 3 rings (SSSR count). The lowest BCUT2D eigenvalue weighted by Gasteiger charge is -2.31. The number of aromatic amines is 1. The van der Waals surface area contributed by atoms with Gasteiger partial charge in [-0.3, -0.25) is 19.7 Å². The molecule has 0 bridgehead atoms. The van der Waals surface area contributed by atoms with Crippen molar-refractivity contribution >= 4 is 29.6 Å². The number of carbonyl (C=O) groups is 3. The van der Waals surface area contributed by atoms with Gasteiger partial charge in [-0.05, 0) is 18.9 Å². The van der Waals surface area contributed by atoms with Gasteiger partial charge in [-0.15, -0.1) is 0 Å². The van der Waals surface area contributed by atoms with Crippen molar-refractivity contribution in [2.75, 3.05) is 24.7 Å². The number of amides is 1. The van der Waals surface area contributed by atoms with Crippen molar-refractivity contribution in [1.82, 2.24) is 20.2 Å². The summed E-state index contributed by atoms with van der Waals surface area (Å²) in [6, 6.07) is 7.63. The molecule has 3 unspecified atom stereocenters. The van der Waals surface area contributed by atoms with E-state index in [0.29, 0.717) is 24.3 Å². The molecule has 9 nitrogen and oxygen atoms in total. The Morgan fingerprint density at radius 3 is 2.78 bits per heavy atom. The van der Waals surface area contributed by atoms with Gasteiger partial charge >= 0.3 is 11.9 Å². The van der Waals surface area contributed by atoms with Crippen LogP contribution in [0.25, 0.3) is 0 Å². The summed E-state index contributed by atoms with van der Waals surface area (Å²) in [5.41, 5.74) is 0.884. The number of esters is 1. The summed E-state index contributed by atoms with van der Waals surface area (Å²) in [5, 5.41) is 12.6. The van der Waals surface area contributed by atoms with E-state index < -0.39 is 30.6 Å². The number of carboxylic acid groups (broad SMARTS) is 1. The van der Waals surface area contributed by atoms with E-state index in [2.05, 4.69) is 15.3 Å². The van der Waals surface area contributed by atoms with Crippen molar-refractivity contribution in [2.45, 2.75) is 37.9 Å². The van der Waals surface area contributed by atoms with Crippen LogP contribution >= 0.6 is 11.8 Å². The molecule has 2 heterocycles. The van der Waals surface area contributed by atoms with Crippen LogP contribution in [0.2, 0.25) is 0 Å². The Balaban J connectivity index is 1.78. The smallest absolute Gasteiger partial charge is 0.323 e. The lowest BCUT2D eigenvalue weighted by molar-refractivity contribution is -0.149. The highest BCUT2D eigenvalue weighted by molar-refractivity contribution is 7.99. The number of nitrogens with zero attached hydrogens (tertiary/aromatic N) is 2. The summed E-state index contributed by atoms with van der Waals surface area (Å²) in [7, 11) is 0. The molecular weight excluding hydrogens is 432 g/mol. The zero-order chi connectivity index (χ0) is 22.9. The molecule has 0 spiro atoms. The van der Waals surface area contributed by atoms with E-state index in [0.717, 1.165) is 11.4 Å². The minimum Gasteiger partial charge on any atom is -0.480 e. The largest absolute Gasteiger partial charge is 0.480 e. The van der Waals surface area contributed by atoms with E-state index in [4.69, 9.17) is 4.74 Å². The third-order valence-corrected chi connectivity index (χ3v) is 6.33. The summed E-state index contributed by atoms with van der Waals surface area (Å²) >= 11 is 1.56. The molecule has 1 aliphatic heterocycles. The molecule has 172 valence electrons. The third kappa shape index (κ3) is 6.33. The van der Waals surface area contributed by atoms with Crippen LogP contribution in [0.15, 0.2) is 42.7 Å². The first kappa shape index (κ1) is 23.8. The molecule has 3 atom stereocenters. The highest BCUT2D eigenvalue weighted by atomic mass is 32.2. The highest BCUT2D eigenvalue weighted by Crippen LogP contribution is 2.29. The van der Waals surface area contributed by atoms with E-state index in [-0.39, 0.29) is 18.6 Å². The van der Waals surface area contributed by atoms with Gasteiger partial charge in [0.15, 0.2) is 0 Å². The van der Waals surface area contributed by atoms with Crippen molar-refractivity contribution in [3.8, 4) is 0 Å². The highest BCUT2D eigenvalue weighted by Gasteiger charge is 2.37. The minimum absolute atomic E-state index is 0.229. The molecule has 1 aromatic carbocycles. The molecule has 2 aromatic rings. The fourth-order valence-corrected chi connectivity index (χ4v) is 4.89. The fourth-order valence-electron chi connectivity index (χ4n) is 3.69. The number of hydrogen-bond donors (Lipinski definition) is 3. The topological polar surface area (TPSA) is 125 Å². The number of benzene rings is 1.